The molecule has 0 radical (unpaired) electrons. The van der Waals surface area contributed by atoms with Crippen LogP contribution in [0.1, 0.15) is 35.0 Å². The van der Waals surface area contributed by atoms with E-state index in [1.165, 1.54) is 6.39 Å². The molecular weight excluding hydrogens is 130 g/mol. The third-order valence-corrected chi connectivity index (χ3v) is 1.70. The van der Waals surface area contributed by atoms with Crippen molar-refractivity contribution in [3.05, 3.63) is 17.8 Å². The monoisotopic (exact) mass is 137 g/mol. The Morgan fingerprint density at radius 2 is 2.50 bits per heavy atom. The maximum atomic E-state index is 10.3. The van der Waals surface area contributed by atoms with Gasteiger partial charge in [-0.25, -0.2) is 4.98 Å². The normalized spacial score (nSPS) is 17.2. The summed E-state index contributed by atoms with van der Waals surface area (Å²) in [4.78, 5) is 14.2. The van der Waals surface area contributed by atoms with Gasteiger partial charge in [-0.2, -0.15) is 0 Å². The first-order valence-corrected chi connectivity index (χ1v) is 3.30. The van der Waals surface area contributed by atoms with Crippen LogP contribution < -0.4 is 0 Å². The summed E-state index contributed by atoms with van der Waals surface area (Å²) in [5.41, 5.74) is 0.843. The Bertz CT molecular complexity index is 250. The average molecular weight is 137 g/mol. The lowest BCUT2D eigenvalue weighted by molar-refractivity contribution is 0.109. The fourth-order valence-electron chi connectivity index (χ4n) is 1.02. The molecule has 0 aliphatic heterocycles. The van der Waals surface area contributed by atoms with Crippen LogP contribution in [0.2, 0.25) is 0 Å². The molecule has 3 nitrogen and oxygen atoms in total. The van der Waals surface area contributed by atoms with Gasteiger partial charge in [-0.05, 0) is 12.8 Å². The van der Waals surface area contributed by atoms with E-state index in [4.69, 9.17) is 4.42 Å². The van der Waals surface area contributed by atoms with Crippen LogP contribution in [0.3, 0.4) is 0 Å². The van der Waals surface area contributed by atoms with E-state index in [1.54, 1.807) is 0 Å². The maximum Gasteiger partial charge on any atom is 0.190 e. The van der Waals surface area contributed by atoms with Crippen LogP contribution in [0.25, 0.3) is 0 Å². The summed E-state index contributed by atoms with van der Waals surface area (Å²) in [6, 6.07) is 0. The summed E-state index contributed by atoms with van der Waals surface area (Å²) < 4.78 is 4.84. The molecule has 1 aliphatic rings. The van der Waals surface area contributed by atoms with E-state index in [1.807, 2.05) is 0 Å². The predicted molar refractivity (Wildman–Crippen MR) is 33.9 cm³/mol. The minimum absolute atomic E-state index is 0.405. The lowest BCUT2D eigenvalue weighted by Gasteiger charge is -1.85. The summed E-state index contributed by atoms with van der Waals surface area (Å²) >= 11 is 0. The molecule has 1 saturated carbocycles. The number of hydrogen-bond donors (Lipinski definition) is 0. The molecule has 1 heterocycles. The summed E-state index contributed by atoms with van der Waals surface area (Å²) in [7, 11) is 0. The van der Waals surface area contributed by atoms with Gasteiger partial charge in [0.15, 0.2) is 18.4 Å². The summed E-state index contributed by atoms with van der Waals surface area (Å²) in [5.74, 6) is 0.904. The second-order valence-corrected chi connectivity index (χ2v) is 2.49. The summed E-state index contributed by atoms with van der Waals surface area (Å²) in [5, 5.41) is 0. The predicted octanol–water partition coefficient (Wildman–Crippen LogP) is 1.36. The van der Waals surface area contributed by atoms with E-state index < -0.39 is 0 Å². The molecule has 2 rings (SSSR count). The molecule has 0 amide bonds. The van der Waals surface area contributed by atoms with Crippen molar-refractivity contribution in [2.24, 2.45) is 0 Å². The van der Waals surface area contributed by atoms with Crippen molar-refractivity contribution in [2.75, 3.05) is 0 Å². The molecule has 1 aliphatic carbocycles. The molecule has 0 bridgehead atoms. The SMILES string of the molecule is O=Cc1ocnc1C1CC1. The second kappa shape index (κ2) is 1.94. The van der Waals surface area contributed by atoms with Crippen molar-refractivity contribution in [2.45, 2.75) is 18.8 Å². The van der Waals surface area contributed by atoms with E-state index >= 15 is 0 Å². The van der Waals surface area contributed by atoms with E-state index in [0.717, 1.165) is 24.8 Å². The Labute approximate surface area is 58.1 Å². The number of nitrogens with zero attached hydrogens (tertiary/aromatic N) is 1. The molecule has 0 spiro atoms. The first-order chi connectivity index (χ1) is 4.92. The smallest absolute Gasteiger partial charge is 0.190 e. The highest BCUT2D eigenvalue weighted by atomic mass is 16.3. The van der Waals surface area contributed by atoms with Crippen LogP contribution in [-0.4, -0.2) is 11.3 Å². The highest BCUT2D eigenvalue weighted by Gasteiger charge is 2.29. The first kappa shape index (κ1) is 5.65. The fraction of sp³-hybridized carbons (Fsp3) is 0.429. The van der Waals surface area contributed by atoms with Crippen LogP contribution in [-0.2, 0) is 0 Å². The van der Waals surface area contributed by atoms with Gasteiger partial charge in [0.2, 0.25) is 0 Å². The van der Waals surface area contributed by atoms with E-state index in [2.05, 4.69) is 4.98 Å². The molecule has 0 unspecified atom stereocenters. The first-order valence-electron chi connectivity index (χ1n) is 3.30. The van der Waals surface area contributed by atoms with Crippen molar-refractivity contribution in [3.63, 3.8) is 0 Å². The minimum Gasteiger partial charge on any atom is -0.440 e. The van der Waals surface area contributed by atoms with E-state index in [-0.39, 0.29) is 0 Å². The average Bonchev–Trinajstić information content (AvgIpc) is 2.69. The van der Waals surface area contributed by atoms with Crippen molar-refractivity contribution < 1.29 is 9.21 Å². The molecule has 1 aromatic rings. The third-order valence-electron chi connectivity index (χ3n) is 1.70. The fourth-order valence-corrected chi connectivity index (χ4v) is 1.02. The lowest BCUT2D eigenvalue weighted by atomic mass is 10.2. The van der Waals surface area contributed by atoms with Gasteiger partial charge in [0, 0.05) is 5.92 Å². The number of carbonyl (C=O) groups is 1. The van der Waals surface area contributed by atoms with Crippen molar-refractivity contribution in [3.8, 4) is 0 Å². The Hall–Kier alpha value is -1.12. The van der Waals surface area contributed by atoms with Crippen molar-refractivity contribution in [1.82, 2.24) is 4.98 Å². The van der Waals surface area contributed by atoms with Gasteiger partial charge in [-0.15, -0.1) is 0 Å². The van der Waals surface area contributed by atoms with Crippen LogP contribution in [0.5, 0.6) is 0 Å². The Balaban J connectivity index is 2.37. The molecule has 1 aromatic heterocycles. The zero-order chi connectivity index (χ0) is 6.97. The highest BCUT2D eigenvalue weighted by molar-refractivity contribution is 5.72. The number of oxazole rings is 1. The number of rotatable bonds is 2. The molecule has 0 saturated heterocycles. The zero-order valence-electron chi connectivity index (χ0n) is 5.41. The largest absolute Gasteiger partial charge is 0.440 e. The number of hydrogen-bond acceptors (Lipinski definition) is 3. The molecule has 1 fully saturated rings. The van der Waals surface area contributed by atoms with Crippen molar-refractivity contribution >= 4 is 6.29 Å². The third kappa shape index (κ3) is 0.744. The molecule has 10 heavy (non-hydrogen) atoms. The van der Waals surface area contributed by atoms with Gasteiger partial charge in [-0.3, -0.25) is 4.79 Å². The quantitative estimate of drug-likeness (QED) is 0.578. The van der Waals surface area contributed by atoms with Gasteiger partial charge < -0.3 is 4.42 Å². The molecule has 52 valence electrons. The molecule has 3 heteroatoms. The van der Waals surface area contributed by atoms with Crippen LogP contribution in [0, 0.1) is 0 Å². The minimum atomic E-state index is 0.405. The van der Waals surface area contributed by atoms with Gasteiger partial charge >= 0.3 is 0 Å². The Morgan fingerprint density at radius 1 is 1.70 bits per heavy atom. The van der Waals surface area contributed by atoms with Gasteiger partial charge in [-0.1, -0.05) is 0 Å². The van der Waals surface area contributed by atoms with Gasteiger partial charge in [0.25, 0.3) is 0 Å². The maximum absolute atomic E-state index is 10.3. The van der Waals surface area contributed by atoms with Gasteiger partial charge in [0.05, 0.1) is 5.69 Å². The standard InChI is InChI=1S/C7H7NO2/c9-3-6-7(5-1-2-5)8-4-10-6/h3-5H,1-2H2. The summed E-state index contributed by atoms with van der Waals surface area (Å²) in [6.45, 7) is 0. The molecule has 0 atom stereocenters. The van der Waals surface area contributed by atoms with Crippen LogP contribution in [0.4, 0.5) is 0 Å². The van der Waals surface area contributed by atoms with Crippen molar-refractivity contribution in [1.29, 1.82) is 0 Å². The molecule has 0 N–H and O–H groups in total. The Kier molecular flexibility index (Phi) is 1.09. The highest BCUT2D eigenvalue weighted by Crippen LogP contribution is 2.40. The van der Waals surface area contributed by atoms with E-state index in [9.17, 15) is 4.79 Å². The van der Waals surface area contributed by atoms with E-state index in [0.29, 0.717) is 11.7 Å². The molecule has 0 aromatic carbocycles. The number of aromatic nitrogens is 1. The molecular formula is C7H7NO2. The lowest BCUT2D eigenvalue weighted by Crippen LogP contribution is -1.84. The second-order valence-electron chi connectivity index (χ2n) is 2.49. The zero-order valence-corrected chi connectivity index (χ0v) is 5.41. The van der Waals surface area contributed by atoms with Gasteiger partial charge in [0.1, 0.15) is 0 Å². The number of aldehydes is 1. The van der Waals surface area contributed by atoms with Crippen LogP contribution in [0.15, 0.2) is 10.8 Å². The number of carbonyl (C=O) groups excluding carboxylic acids is 1. The summed E-state index contributed by atoms with van der Waals surface area (Å²) in [6.07, 6.45) is 4.35. The van der Waals surface area contributed by atoms with Crippen LogP contribution >= 0.6 is 0 Å². The topological polar surface area (TPSA) is 43.1 Å². The Morgan fingerprint density at radius 3 is 3.10 bits per heavy atom.